The molecule has 0 fully saturated rings. The van der Waals surface area contributed by atoms with Gasteiger partial charge in [-0.05, 0) is 67.0 Å². The number of hydrogen-bond donors (Lipinski definition) is 2. The van der Waals surface area contributed by atoms with Crippen molar-refractivity contribution in [3.8, 4) is 11.1 Å². The smallest absolute Gasteiger partial charge is 0.305 e. The van der Waals surface area contributed by atoms with E-state index in [-0.39, 0.29) is 0 Å². The maximum atomic E-state index is 12.1. The summed E-state index contributed by atoms with van der Waals surface area (Å²) in [4.78, 5) is 23.6. The van der Waals surface area contributed by atoms with Crippen LogP contribution >= 0.6 is 11.8 Å². The molecule has 0 saturated carbocycles. The van der Waals surface area contributed by atoms with Crippen LogP contribution in [0.3, 0.4) is 0 Å². The Morgan fingerprint density at radius 3 is 2.48 bits per heavy atom. The summed E-state index contributed by atoms with van der Waals surface area (Å²) in [5.41, 5.74) is 4.96. The fourth-order valence-electron chi connectivity index (χ4n) is 2.59. The number of aryl methyl sites for hydroxylation is 1. The molecule has 0 saturated heterocycles. The van der Waals surface area contributed by atoms with Crippen LogP contribution in [0.25, 0.3) is 11.1 Å². The molecule has 0 aliphatic rings. The lowest BCUT2D eigenvalue weighted by molar-refractivity contribution is 0.973. The van der Waals surface area contributed by atoms with Crippen molar-refractivity contribution in [2.24, 2.45) is 0 Å². The maximum absolute atomic E-state index is 12.1. The topological polar surface area (TPSA) is 65.7 Å². The molecule has 1 heterocycles. The van der Waals surface area contributed by atoms with Crippen molar-refractivity contribution in [2.45, 2.75) is 27.2 Å². The molecule has 2 aromatic rings. The number of H-pyrrole nitrogens is 2. The molecule has 0 spiro atoms. The first-order valence-corrected chi connectivity index (χ1v) is 8.26. The Kier molecular flexibility index (Phi) is 4.73. The minimum Gasteiger partial charge on any atom is -0.305 e. The quantitative estimate of drug-likeness (QED) is 0.853. The predicted octanol–water partition coefficient (Wildman–Crippen LogP) is 2.56. The van der Waals surface area contributed by atoms with Crippen LogP contribution in [-0.2, 0) is 6.42 Å². The lowest BCUT2D eigenvalue weighted by atomic mass is 9.89. The molecule has 0 unspecified atom stereocenters. The van der Waals surface area contributed by atoms with Gasteiger partial charge in [0.25, 0.3) is 5.43 Å². The van der Waals surface area contributed by atoms with Crippen molar-refractivity contribution in [3.05, 3.63) is 55.1 Å². The Morgan fingerprint density at radius 1 is 1.10 bits per heavy atom. The van der Waals surface area contributed by atoms with Crippen LogP contribution in [-0.4, -0.2) is 22.2 Å². The van der Waals surface area contributed by atoms with E-state index in [2.05, 4.69) is 23.4 Å². The van der Waals surface area contributed by atoms with Gasteiger partial charge < -0.3 is 5.10 Å². The number of nitrogens with one attached hydrogen (secondary N) is 2. The van der Waals surface area contributed by atoms with Gasteiger partial charge in [-0.1, -0.05) is 6.07 Å². The molecule has 0 aliphatic carbocycles. The van der Waals surface area contributed by atoms with Gasteiger partial charge in [0.2, 0.25) is 0 Å². The molecular formula is C16H20N2O2S. The molecule has 0 aliphatic heterocycles. The molecule has 0 radical (unpaired) electrons. The molecule has 1 aromatic carbocycles. The summed E-state index contributed by atoms with van der Waals surface area (Å²) in [6.07, 6.45) is 4.62. The molecule has 2 rings (SSSR count). The molecule has 5 heteroatoms. The fourth-order valence-corrected chi connectivity index (χ4v) is 3.00. The predicted molar refractivity (Wildman–Crippen MR) is 89.4 cm³/mol. The number of rotatable bonds is 4. The van der Waals surface area contributed by atoms with E-state index in [4.69, 9.17) is 0 Å². The highest BCUT2D eigenvalue weighted by molar-refractivity contribution is 7.98. The molecule has 4 nitrogen and oxygen atoms in total. The zero-order valence-electron chi connectivity index (χ0n) is 12.8. The summed E-state index contributed by atoms with van der Waals surface area (Å²) >= 11 is 1.80. The lowest BCUT2D eigenvalue weighted by Gasteiger charge is -2.16. The first-order chi connectivity index (χ1) is 9.97. The zero-order chi connectivity index (χ0) is 15.6. The second-order valence-electron chi connectivity index (χ2n) is 5.20. The van der Waals surface area contributed by atoms with E-state index >= 15 is 0 Å². The van der Waals surface area contributed by atoms with E-state index < -0.39 is 11.0 Å². The normalized spacial score (nSPS) is 10.9. The first-order valence-electron chi connectivity index (χ1n) is 6.86. The summed E-state index contributed by atoms with van der Waals surface area (Å²) < 4.78 is 0. The van der Waals surface area contributed by atoms with Gasteiger partial charge >= 0.3 is 5.56 Å². The van der Waals surface area contributed by atoms with Gasteiger partial charge in [-0.15, -0.1) is 0 Å². The SMILES string of the molecule is CSCCc1c(C)c(C)cc(-c2c[nH][nH]c(=O)c2=O)c1C. The van der Waals surface area contributed by atoms with E-state index in [1.807, 2.05) is 19.9 Å². The third kappa shape index (κ3) is 2.97. The van der Waals surface area contributed by atoms with Crippen LogP contribution in [0.4, 0.5) is 0 Å². The number of aromatic nitrogens is 2. The number of benzene rings is 1. The lowest BCUT2D eigenvalue weighted by Crippen LogP contribution is -2.29. The Labute approximate surface area is 128 Å². The van der Waals surface area contributed by atoms with Crippen molar-refractivity contribution in [1.29, 1.82) is 0 Å². The number of thioether (sulfide) groups is 1. The molecule has 21 heavy (non-hydrogen) atoms. The molecule has 112 valence electrons. The molecule has 2 N–H and O–H groups in total. The van der Waals surface area contributed by atoms with Crippen molar-refractivity contribution in [2.75, 3.05) is 12.0 Å². The van der Waals surface area contributed by atoms with Crippen molar-refractivity contribution in [1.82, 2.24) is 10.2 Å². The summed E-state index contributed by atoms with van der Waals surface area (Å²) in [5, 5.41) is 4.96. The van der Waals surface area contributed by atoms with Crippen LogP contribution < -0.4 is 11.0 Å². The van der Waals surface area contributed by atoms with Crippen molar-refractivity contribution >= 4 is 11.8 Å². The third-order valence-corrected chi connectivity index (χ3v) is 4.57. The molecule has 1 aromatic heterocycles. The maximum Gasteiger partial charge on any atom is 0.310 e. The fraction of sp³-hybridized carbons (Fsp3) is 0.375. The third-order valence-electron chi connectivity index (χ3n) is 3.96. The minimum atomic E-state index is -0.615. The standard InChI is InChI=1S/C16H20N2O2S/c1-9-7-13(14-8-17-18-16(20)15(14)19)11(3)12(10(9)2)5-6-21-4/h7-8H,5-6H2,1-4H3,(H,17,19)(H,18,20). The van der Waals surface area contributed by atoms with E-state index in [9.17, 15) is 9.59 Å². The van der Waals surface area contributed by atoms with Gasteiger partial charge in [0.15, 0.2) is 0 Å². The van der Waals surface area contributed by atoms with Gasteiger partial charge in [0.1, 0.15) is 0 Å². The largest absolute Gasteiger partial charge is 0.310 e. The second kappa shape index (κ2) is 6.35. The van der Waals surface area contributed by atoms with Gasteiger partial charge in [0.05, 0.1) is 5.56 Å². The van der Waals surface area contributed by atoms with E-state index in [0.29, 0.717) is 5.56 Å². The second-order valence-corrected chi connectivity index (χ2v) is 6.18. The summed E-state index contributed by atoms with van der Waals surface area (Å²) in [5.74, 6) is 1.04. The van der Waals surface area contributed by atoms with Crippen molar-refractivity contribution in [3.63, 3.8) is 0 Å². The first kappa shape index (κ1) is 15.6. The zero-order valence-corrected chi connectivity index (χ0v) is 13.6. The highest BCUT2D eigenvalue weighted by Crippen LogP contribution is 2.28. The number of hydrogen-bond acceptors (Lipinski definition) is 3. The Hall–Kier alpha value is -1.75. The van der Waals surface area contributed by atoms with Crippen LogP contribution in [0.5, 0.6) is 0 Å². The van der Waals surface area contributed by atoms with E-state index in [1.165, 1.54) is 11.1 Å². The highest BCUT2D eigenvalue weighted by atomic mass is 32.2. The van der Waals surface area contributed by atoms with Gasteiger partial charge in [0, 0.05) is 6.20 Å². The summed E-state index contributed by atoms with van der Waals surface area (Å²) in [7, 11) is 0. The Bertz CT molecular complexity index is 775. The van der Waals surface area contributed by atoms with Gasteiger partial charge in [-0.25, -0.2) is 0 Å². The monoisotopic (exact) mass is 304 g/mol. The summed E-state index contributed by atoms with van der Waals surface area (Å²) in [6.45, 7) is 6.18. The average molecular weight is 304 g/mol. The summed E-state index contributed by atoms with van der Waals surface area (Å²) in [6, 6.07) is 2.00. The number of aromatic amines is 2. The van der Waals surface area contributed by atoms with Crippen LogP contribution in [0.2, 0.25) is 0 Å². The molecule has 0 atom stereocenters. The van der Waals surface area contributed by atoms with E-state index in [0.717, 1.165) is 28.9 Å². The average Bonchev–Trinajstić information content (AvgIpc) is 2.46. The van der Waals surface area contributed by atoms with Gasteiger partial charge in [-0.3, -0.25) is 14.7 Å². The Morgan fingerprint density at radius 2 is 1.81 bits per heavy atom. The Balaban J connectivity index is 2.70. The highest BCUT2D eigenvalue weighted by Gasteiger charge is 2.14. The molecule has 0 bridgehead atoms. The van der Waals surface area contributed by atoms with Crippen LogP contribution in [0.1, 0.15) is 22.3 Å². The van der Waals surface area contributed by atoms with Gasteiger partial charge in [-0.2, -0.15) is 11.8 Å². The van der Waals surface area contributed by atoms with E-state index in [1.54, 1.807) is 18.0 Å². The van der Waals surface area contributed by atoms with Crippen LogP contribution in [0, 0.1) is 20.8 Å². The minimum absolute atomic E-state index is 0.435. The molecule has 0 amide bonds. The van der Waals surface area contributed by atoms with Crippen LogP contribution in [0.15, 0.2) is 21.9 Å². The van der Waals surface area contributed by atoms with Crippen molar-refractivity contribution < 1.29 is 0 Å². The molecular weight excluding hydrogens is 284 g/mol.